The van der Waals surface area contributed by atoms with Crippen LogP contribution in [0.15, 0.2) is 30.5 Å². The Bertz CT molecular complexity index is 715. The first-order valence-electron chi connectivity index (χ1n) is 5.47. The van der Waals surface area contributed by atoms with Gasteiger partial charge in [-0.15, -0.1) is 0 Å². The molecule has 0 unspecified atom stereocenters. The first-order chi connectivity index (χ1) is 9.17. The monoisotopic (exact) mass is 275 g/mol. The van der Waals surface area contributed by atoms with Crippen molar-refractivity contribution in [3.8, 4) is 11.3 Å². The van der Waals surface area contributed by atoms with E-state index in [1.54, 1.807) is 22.8 Å². The molecule has 1 aromatic carbocycles. The van der Waals surface area contributed by atoms with Crippen LogP contribution >= 0.6 is 11.3 Å². The molecule has 0 spiro atoms. The number of rotatable bonds is 3. The third-order valence-electron chi connectivity index (χ3n) is 2.63. The van der Waals surface area contributed by atoms with Gasteiger partial charge in [-0.1, -0.05) is 11.3 Å². The smallest absolute Gasteiger partial charge is 0.269 e. The molecule has 0 aliphatic carbocycles. The summed E-state index contributed by atoms with van der Waals surface area (Å²) in [6.07, 6.45) is 1.78. The van der Waals surface area contributed by atoms with E-state index in [9.17, 15) is 10.1 Å². The van der Waals surface area contributed by atoms with Crippen molar-refractivity contribution in [2.75, 3.05) is 0 Å². The van der Waals surface area contributed by atoms with Crippen LogP contribution in [0.1, 0.15) is 5.01 Å². The van der Waals surface area contributed by atoms with E-state index in [0.717, 1.165) is 21.2 Å². The molecule has 2 heterocycles. The van der Waals surface area contributed by atoms with Crippen LogP contribution in [0.3, 0.4) is 0 Å². The van der Waals surface area contributed by atoms with Crippen molar-refractivity contribution >= 4 is 22.0 Å². The van der Waals surface area contributed by atoms with E-state index in [1.165, 1.54) is 23.5 Å². The number of imidazole rings is 1. The lowest BCUT2D eigenvalue weighted by Gasteiger charge is -1.95. The van der Waals surface area contributed by atoms with Crippen LogP contribution in [0.25, 0.3) is 16.2 Å². The summed E-state index contributed by atoms with van der Waals surface area (Å²) in [6.45, 7) is 0.390. The molecule has 0 radical (unpaired) electrons. The Balaban J connectivity index is 1.99. The van der Waals surface area contributed by atoms with Crippen LogP contribution in [0, 0.1) is 10.1 Å². The fourth-order valence-electron chi connectivity index (χ4n) is 1.72. The maximum Gasteiger partial charge on any atom is 0.269 e. The van der Waals surface area contributed by atoms with E-state index < -0.39 is 4.92 Å². The van der Waals surface area contributed by atoms with Gasteiger partial charge in [0, 0.05) is 24.2 Å². The molecule has 96 valence electrons. The fourth-order valence-corrected chi connectivity index (χ4v) is 2.47. The van der Waals surface area contributed by atoms with Crippen molar-refractivity contribution in [1.29, 1.82) is 0 Å². The summed E-state index contributed by atoms with van der Waals surface area (Å²) in [5, 5.41) is 15.7. The van der Waals surface area contributed by atoms with E-state index in [2.05, 4.69) is 10.1 Å². The average Bonchev–Trinajstić information content (AvgIpc) is 2.96. The van der Waals surface area contributed by atoms with Crippen LogP contribution in [0.5, 0.6) is 0 Å². The van der Waals surface area contributed by atoms with Crippen LogP contribution in [0.4, 0.5) is 5.69 Å². The zero-order valence-corrected chi connectivity index (χ0v) is 10.5. The van der Waals surface area contributed by atoms with Crippen molar-refractivity contribution in [2.45, 2.75) is 6.54 Å². The molecule has 2 N–H and O–H groups in total. The summed E-state index contributed by atoms with van der Waals surface area (Å²) in [7, 11) is 0. The Morgan fingerprint density at radius 3 is 2.68 bits per heavy atom. The Kier molecular flexibility index (Phi) is 2.73. The molecule has 8 heteroatoms. The lowest BCUT2D eigenvalue weighted by molar-refractivity contribution is -0.384. The van der Waals surface area contributed by atoms with Crippen molar-refractivity contribution in [2.24, 2.45) is 5.73 Å². The second kappa shape index (κ2) is 4.41. The van der Waals surface area contributed by atoms with Gasteiger partial charge in [-0.3, -0.25) is 10.1 Å². The van der Waals surface area contributed by atoms with Gasteiger partial charge in [-0.25, -0.2) is 9.50 Å². The van der Waals surface area contributed by atoms with Gasteiger partial charge in [-0.2, -0.15) is 5.10 Å². The molecule has 0 amide bonds. The summed E-state index contributed by atoms with van der Waals surface area (Å²) < 4.78 is 1.67. The molecule has 3 rings (SSSR count). The van der Waals surface area contributed by atoms with Crippen molar-refractivity contribution in [1.82, 2.24) is 14.6 Å². The summed E-state index contributed by atoms with van der Waals surface area (Å²) in [6, 6.07) is 6.27. The van der Waals surface area contributed by atoms with Gasteiger partial charge in [0.25, 0.3) is 5.69 Å². The normalized spacial score (nSPS) is 11.0. The van der Waals surface area contributed by atoms with E-state index >= 15 is 0 Å². The molecule has 7 nitrogen and oxygen atoms in total. The number of nitrogens with zero attached hydrogens (tertiary/aromatic N) is 4. The number of hydrogen-bond donors (Lipinski definition) is 1. The van der Waals surface area contributed by atoms with Crippen LogP contribution < -0.4 is 5.73 Å². The number of nitro benzene ring substituents is 1. The second-order valence-corrected chi connectivity index (χ2v) is 4.90. The molecule has 0 bridgehead atoms. The summed E-state index contributed by atoms with van der Waals surface area (Å²) in [5.41, 5.74) is 7.12. The lowest BCUT2D eigenvalue weighted by atomic mass is 10.1. The van der Waals surface area contributed by atoms with Crippen LogP contribution in [-0.2, 0) is 6.54 Å². The van der Waals surface area contributed by atoms with Crippen molar-refractivity contribution in [3.05, 3.63) is 45.6 Å². The molecule has 3 aromatic rings. The topological polar surface area (TPSA) is 99.3 Å². The number of aromatic nitrogens is 3. The minimum atomic E-state index is -0.426. The summed E-state index contributed by atoms with van der Waals surface area (Å²) >= 11 is 1.43. The fraction of sp³-hybridized carbons (Fsp3) is 0.0909. The van der Waals surface area contributed by atoms with E-state index in [1.807, 2.05) is 0 Å². The maximum atomic E-state index is 10.6. The molecule has 0 saturated carbocycles. The van der Waals surface area contributed by atoms with Crippen LogP contribution in [0.2, 0.25) is 0 Å². The van der Waals surface area contributed by atoms with Gasteiger partial charge in [0.15, 0.2) is 0 Å². The highest BCUT2D eigenvalue weighted by atomic mass is 32.1. The van der Waals surface area contributed by atoms with Gasteiger partial charge < -0.3 is 5.73 Å². The van der Waals surface area contributed by atoms with E-state index in [-0.39, 0.29) is 5.69 Å². The van der Waals surface area contributed by atoms with Crippen molar-refractivity contribution in [3.63, 3.8) is 0 Å². The third-order valence-corrected chi connectivity index (χ3v) is 3.58. The van der Waals surface area contributed by atoms with Crippen molar-refractivity contribution < 1.29 is 4.92 Å². The highest BCUT2D eigenvalue weighted by Crippen LogP contribution is 2.24. The number of fused-ring (bicyclic) bond motifs is 1. The second-order valence-electron chi connectivity index (χ2n) is 3.86. The zero-order chi connectivity index (χ0) is 13.4. The van der Waals surface area contributed by atoms with Gasteiger partial charge in [0.2, 0.25) is 4.96 Å². The molecular formula is C11H9N5O2S. The van der Waals surface area contributed by atoms with Crippen LogP contribution in [-0.4, -0.2) is 19.5 Å². The molecule has 19 heavy (non-hydrogen) atoms. The molecule has 0 atom stereocenters. The Hall–Kier alpha value is -2.32. The van der Waals surface area contributed by atoms with Gasteiger partial charge >= 0.3 is 0 Å². The minimum Gasteiger partial charge on any atom is -0.324 e. The third kappa shape index (κ3) is 2.07. The number of nitro groups is 1. The minimum absolute atomic E-state index is 0.0633. The molecule has 0 fully saturated rings. The largest absolute Gasteiger partial charge is 0.324 e. The zero-order valence-electron chi connectivity index (χ0n) is 9.68. The van der Waals surface area contributed by atoms with Gasteiger partial charge in [0.05, 0.1) is 16.8 Å². The van der Waals surface area contributed by atoms with E-state index in [0.29, 0.717) is 6.54 Å². The predicted octanol–water partition coefficient (Wildman–Crippen LogP) is 1.82. The quantitative estimate of drug-likeness (QED) is 0.580. The van der Waals surface area contributed by atoms with Gasteiger partial charge in [-0.05, 0) is 12.1 Å². The number of hydrogen-bond acceptors (Lipinski definition) is 6. The average molecular weight is 275 g/mol. The first kappa shape index (κ1) is 11.8. The Labute approximate surface area is 111 Å². The standard InChI is InChI=1S/C11H9N5O2S/c12-5-10-14-15-6-9(13-11(15)19-10)7-1-3-8(4-2-7)16(17)18/h1-4,6H,5,12H2. The molecular weight excluding hydrogens is 266 g/mol. The Morgan fingerprint density at radius 2 is 2.11 bits per heavy atom. The molecule has 0 saturated heterocycles. The first-order valence-corrected chi connectivity index (χ1v) is 6.29. The van der Waals surface area contributed by atoms with E-state index in [4.69, 9.17) is 5.73 Å². The summed E-state index contributed by atoms with van der Waals surface area (Å²) in [5.74, 6) is 0. The molecule has 2 aromatic heterocycles. The molecule has 0 aliphatic rings. The Morgan fingerprint density at radius 1 is 1.37 bits per heavy atom. The lowest BCUT2D eigenvalue weighted by Crippen LogP contribution is -1.95. The highest BCUT2D eigenvalue weighted by Gasteiger charge is 2.10. The number of benzene rings is 1. The number of nitrogens with two attached hydrogens (primary N) is 1. The predicted molar refractivity (Wildman–Crippen MR) is 70.8 cm³/mol. The highest BCUT2D eigenvalue weighted by molar-refractivity contribution is 7.16. The SMILES string of the molecule is NCc1nn2cc(-c3ccc([N+](=O)[O-])cc3)nc2s1. The molecule has 0 aliphatic heterocycles. The van der Waals surface area contributed by atoms with Gasteiger partial charge in [0.1, 0.15) is 5.01 Å². The number of non-ortho nitro benzene ring substituents is 1. The maximum absolute atomic E-state index is 10.6. The summed E-state index contributed by atoms with van der Waals surface area (Å²) in [4.78, 5) is 15.3.